The van der Waals surface area contributed by atoms with Crippen molar-refractivity contribution in [2.45, 2.75) is 213 Å². The highest BCUT2D eigenvalue weighted by atomic mass is 32.2. The number of hydrogen-bond acceptors (Lipinski definition) is 26. The molecular formula is C83H119N23O19S. The molecule has 1 aliphatic rings. The molecule has 0 spiro atoms. The SMILES string of the molecule is CNC(=O)c1ccccc1Sc1ccc2c(/C=C/c3ccccn3)nn(C(=O)NC(C)(C)CNC(=O)[C@@H](CCC(=O)O)NC(=O)CCC(=O)N[C@H](CCN)C(=O)NC(C(=O)N[C@H](CCN)C(=O)N[C@@H]3CCNC(=O)C(C(C)O)NC(=O)[C@H](CCN)NC(=O)[C@H](CCN)NC(=O)[C@H](CC(C)C)NC(=O)[C@@H](Cc4ccccc4)NC(=O)C(CCN)NC3=O)[C@H](C)O)c2c1. The Labute approximate surface area is 732 Å². The van der Waals surface area contributed by atoms with Gasteiger partial charge in [0.25, 0.3) is 5.91 Å². The maximum atomic E-state index is 14.8. The lowest BCUT2D eigenvalue weighted by Gasteiger charge is -2.29. The predicted octanol–water partition coefficient (Wildman–Crippen LogP) is -4.14. The number of benzene rings is 3. The van der Waals surface area contributed by atoms with E-state index in [-0.39, 0.29) is 89.6 Å². The first kappa shape index (κ1) is 102. The van der Waals surface area contributed by atoms with Gasteiger partial charge in [-0.05, 0) is 178 Å². The van der Waals surface area contributed by atoms with Crippen LogP contribution in [0.2, 0.25) is 0 Å². The van der Waals surface area contributed by atoms with Crippen LogP contribution in [0.3, 0.4) is 0 Å². The summed E-state index contributed by atoms with van der Waals surface area (Å²) in [5.74, 6) is -14.8. The Balaban J connectivity index is 1.16. The Morgan fingerprint density at radius 3 is 1.70 bits per heavy atom. The number of carbonyl (C=O) groups excluding carboxylic acids is 15. The largest absolute Gasteiger partial charge is 0.481 e. The van der Waals surface area contributed by atoms with Gasteiger partial charge in [0.2, 0.25) is 76.8 Å². The Morgan fingerprint density at radius 1 is 0.587 bits per heavy atom. The maximum absolute atomic E-state index is 14.8. The van der Waals surface area contributed by atoms with Crippen molar-refractivity contribution in [3.8, 4) is 0 Å². The van der Waals surface area contributed by atoms with Gasteiger partial charge in [-0.15, -0.1) is 0 Å². The number of nitrogens with zero attached hydrogens (tertiary/aromatic N) is 3. The molecule has 43 heteroatoms. The molecule has 3 heterocycles. The second kappa shape index (κ2) is 51.1. The normalized spacial score (nSPS) is 19.2. The van der Waals surface area contributed by atoms with Crippen LogP contribution in [0.25, 0.3) is 23.1 Å². The summed E-state index contributed by atoms with van der Waals surface area (Å²) in [4.78, 5) is 229. The fourth-order valence-electron chi connectivity index (χ4n) is 13.1. The zero-order valence-electron chi connectivity index (χ0n) is 71.4. The van der Waals surface area contributed by atoms with Gasteiger partial charge in [0, 0.05) is 67.2 Å². The molecule has 3 aromatic carbocycles. The van der Waals surface area contributed by atoms with Gasteiger partial charge in [0.05, 0.1) is 40.2 Å². The highest BCUT2D eigenvalue weighted by molar-refractivity contribution is 7.99. The van der Waals surface area contributed by atoms with Crippen LogP contribution < -0.4 is 108 Å². The minimum absolute atomic E-state index is 0.000498. The molecule has 6 rings (SSSR count). The first-order valence-electron chi connectivity index (χ1n) is 41.4. The van der Waals surface area contributed by atoms with E-state index in [4.69, 9.17) is 28.7 Å². The summed E-state index contributed by atoms with van der Waals surface area (Å²) in [6, 6.07) is 7.83. The lowest BCUT2D eigenvalue weighted by Crippen LogP contribution is -2.62. The number of nitrogens with two attached hydrogens (primary N) is 5. The van der Waals surface area contributed by atoms with E-state index >= 15 is 0 Å². The molecule has 0 aliphatic carbocycles. The number of aliphatic hydroxyl groups is 2. The molecule has 686 valence electrons. The zero-order valence-corrected chi connectivity index (χ0v) is 72.2. The summed E-state index contributed by atoms with van der Waals surface area (Å²) < 4.78 is 1.15. The van der Waals surface area contributed by atoms with Crippen LogP contribution in [0, 0.1) is 5.92 Å². The summed E-state index contributed by atoms with van der Waals surface area (Å²) >= 11 is 1.29. The van der Waals surface area contributed by atoms with Crippen molar-refractivity contribution in [3.63, 3.8) is 0 Å². The Kier molecular flexibility index (Phi) is 41.6. The van der Waals surface area contributed by atoms with Crippen LogP contribution in [0.4, 0.5) is 4.79 Å². The number of aliphatic carboxylic acids is 1. The zero-order chi connectivity index (χ0) is 92.9. The summed E-state index contributed by atoms with van der Waals surface area (Å²) in [5, 5.41) is 75.0. The second-order valence-electron chi connectivity index (χ2n) is 31.1. The third kappa shape index (κ3) is 32.6. The quantitative estimate of drug-likeness (QED) is 0.0178. The van der Waals surface area contributed by atoms with Crippen molar-refractivity contribution < 1.29 is 92.0 Å². The topological polar surface area (TPSA) is 675 Å². The van der Waals surface area contributed by atoms with Crippen molar-refractivity contribution in [2.75, 3.05) is 52.9 Å². The monoisotopic (exact) mass is 1770 g/mol. The predicted molar refractivity (Wildman–Crippen MR) is 464 cm³/mol. The number of hydrogen-bond donors (Lipinski definition) is 23. The molecule has 126 heavy (non-hydrogen) atoms. The minimum atomic E-state index is -1.92. The number of aromatic nitrogens is 3. The summed E-state index contributed by atoms with van der Waals surface area (Å²) in [5.41, 5.74) is 30.7. The molecule has 2 aromatic heterocycles. The molecular weight excluding hydrogens is 1660 g/mol. The van der Waals surface area contributed by atoms with Crippen molar-refractivity contribution >= 4 is 130 Å². The van der Waals surface area contributed by atoms with Crippen LogP contribution in [0.1, 0.15) is 139 Å². The Bertz CT molecular complexity index is 4630. The van der Waals surface area contributed by atoms with E-state index in [1.165, 1.54) is 18.8 Å². The average Bonchev–Trinajstić information content (AvgIpc) is 1.62. The summed E-state index contributed by atoms with van der Waals surface area (Å²) in [6.45, 7) is 6.92. The molecule has 42 nitrogen and oxygen atoms in total. The first-order chi connectivity index (χ1) is 59.9. The van der Waals surface area contributed by atoms with E-state index in [0.717, 1.165) is 18.5 Å². The molecule has 15 amide bonds. The molecule has 28 N–H and O–H groups in total. The molecule has 0 radical (unpaired) electrons. The van der Waals surface area contributed by atoms with E-state index < -0.39 is 218 Å². The van der Waals surface area contributed by atoms with Gasteiger partial charge in [-0.25, -0.2) is 4.79 Å². The lowest BCUT2D eigenvalue weighted by molar-refractivity contribution is -0.138. The van der Waals surface area contributed by atoms with E-state index in [1.807, 2.05) is 6.07 Å². The third-order valence-electron chi connectivity index (χ3n) is 19.8. The van der Waals surface area contributed by atoms with Crippen LogP contribution in [-0.2, 0) is 73.5 Å². The smallest absolute Gasteiger partial charge is 0.343 e. The molecule has 1 saturated heterocycles. The lowest BCUT2D eigenvalue weighted by atomic mass is 10.00. The highest BCUT2D eigenvalue weighted by Gasteiger charge is 2.39. The van der Waals surface area contributed by atoms with Gasteiger partial charge >= 0.3 is 12.0 Å². The molecule has 13 atom stereocenters. The molecule has 4 unspecified atom stereocenters. The number of aliphatic hydroxyl groups excluding tert-OH is 2. The number of nitrogens with one attached hydrogen (secondary N) is 15. The van der Waals surface area contributed by atoms with Gasteiger partial charge in [-0.3, -0.25) is 76.9 Å². The van der Waals surface area contributed by atoms with Gasteiger partial charge < -0.3 is 124 Å². The number of carbonyl (C=O) groups is 16. The van der Waals surface area contributed by atoms with Crippen LogP contribution in [0.5, 0.6) is 0 Å². The first-order valence-corrected chi connectivity index (χ1v) is 42.2. The van der Waals surface area contributed by atoms with Gasteiger partial charge in [-0.2, -0.15) is 9.78 Å². The van der Waals surface area contributed by atoms with Gasteiger partial charge in [0.15, 0.2) is 0 Å². The van der Waals surface area contributed by atoms with Crippen LogP contribution in [0.15, 0.2) is 107 Å². The molecule has 0 bridgehead atoms. The number of carboxylic acids is 1. The van der Waals surface area contributed by atoms with Gasteiger partial charge in [-0.1, -0.05) is 74.1 Å². The van der Waals surface area contributed by atoms with Crippen LogP contribution in [-0.4, -0.2) is 262 Å². The molecule has 0 saturated carbocycles. The average molecular weight is 1780 g/mol. The fraction of sp³-hybridized carbons (Fsp3) is 0.494. The minimum Gasteiger partial charge on any atom is -0.481 e. The van der Waals surface area contributed by atoms with Crippen molar-refractivity contribution in [2.24, 2.45) is 34.6 Å². The van der Waals surface area contributed by atoms with Crippen LogP contribution >= 0.6 is 11.8 Å². The number of fused-ring (bicyclic) bond motifs is 1. The number of amides is 15. The van der Waals surface area contributed by atoms with E-state index in [0.29, 0.717) is 43.2 Å². The van der Waals surface area contributed by atoms with Gasteiger partial charge in [0.1, 0.15) is 66.5 Å². The highest BCUT2D eigenvalue weighted by Crippen LogP contribution is 2.34. The van der Waals surface area contributed by atoms with Crippen molar-refractivity contribution in [1.82, 2.24) is 94.5 Å². The van der Waals surface area contributed by atoms with Crippen molar-refractivity contribution in [1.29, 1.82) is 0 Å². The maximum Gasteiger partial charge on any atom is 0.343 e. The summed E-state index contributed by atoms with van der Waals surface area (Å²) in [6.07, 6.45) is -2.80. The van der Waals surface area contributed by atoms with Crippen molar-refractivity contribution in [3.05, 3.63) is 120 Å². The van der Waals surface area contributed by atoms with E-state index in [9.17, 15) is 92.0 Å². The molecule has 1 aliphatic heterocycles. The Morgan fingerprint density at radius 2 is 1.13 bits per heavy atom. The number of rotatable bonds is 39. The van der Waals surface area contributed by atoms with E-state index in [1.54, 1.807) is 131 Å². The number of pyridine rings is 1. The standard InChI is InChI=1S/C83H119N23O19S/c1-45(2)41-61-78(121)97-56(29-35-85)72(115)96-59(32-38-88)77(120)102-68(46(3)107)80(123)91-40-33-60(75(118)95-57(30-36-86)74(117)101-62(79(122)100-61)42-48-15-9-8-10-16-48)98-73(116)58(31-37-87)99-81(124)69(47(4)108)103-76(119)55(28-34-84)94-66(110)26-25-65(109)93-54(24-27-67(111)112)71(114)92-44-83(5,6)104-82(125)106-63-43-50(126-64-19-12-11-18-52(64)70(113)89-7)21-22-51(63)53(105-106)23-20-49-17-13-14-39-90-49/h8-23,39,43,45-47,54-62,68-69,107-108H,24-38,40-42,44,84-88H2,1-7H3,(H,89,113)(H,91,123)(H,92,114)(H,93,109)(H,94,110)(H,95,118)(H,96,115)(H,97,121)(H,98,116)(H,99,124)(H,100,122)(H,101,117)(H,102,120)(H,103,119)(H,104,125)(H,111,112)/b23-20+/t46?,47-,54+,55+,56-,57?,58+,59-,60+,61-,62+,68?,69?/m0/s1. The summed E-state index contributed by atoms with van der Waals surface area (Å²) in [7, 11) is 1.52. The van der Waals surface area contributed by atoms with E-state index in [2.05, 4.69) is 89.8 Å². The molecule has 1 fully saturated rings. The number of carboxylic acid groups (broad SMARTS) is 1. The second-order valence-corrected chi connectivity index (χ2v) is 32.2. The molecule has 5 aromatic rings. The third-order valence-corrected chi connectivity index (χ3v) is 20.9. The fourth-order valence-corrected chi connectivity index (χ4v) is 14.1. The Hall–Kier alpha value is -12.4.